The van der Waals surface area contributed by atoms with Gasteiger partial charge in [-0.2, -0.15) is 0 Å². The van der Waals surface area contributed by atoms with E-state index in [2.05, 4.69) is 10.3 Å². The van der Waals surface area contributed by atoms with Crippen molar-refractivity contribution in [2.75, 3.05) is 6.54 Å². The first-order valence-corrected chi connectivity index (χ1v) is 7.46. The van der Waals surface area contributed by atoms with Gasteiger partial charge in [-0.3, -0.25) is 4.79 Å². The molecule has 5 nitrogen and oxygen atoms in total. The largest absolute Gasteiger partial charge is 0.348 e. The zero-order valence-corrected chi connectivity index (χ0v) is 15.5. The molecule has 2 rings (SSSR count). The van der Waals surface area contributed by atoms with Crippen molar-refractivity contribution in [2.24, 2.45) is 18.2 Å². The summed E-state index contributed by atoms with van der Waals surface area (Å²) in [4.78, 5) is 17.0. The normalized spacial score (nSPS) is 10.8. The van der Waals surface area contributed by atoms with Gasteiger partial charge in [0.15, 0.2) is 0 Å². The van der Waals surface area contributed by atoms with Crippen molar-refractivity contribution < 1.29 is 4.79 Å². The lowest BCUT2D eigenvalue weighted by Gasteiger charge is -2.28. The Labute approximate surface area is 149 Å². The molecule has 2 aromatic rings. The average Bonchev–Trinajstić information content (AvgIpc) is 2.84. The fourth-order valence-corrected chi connectivity index (χ4v) is 2.65. The number of benzene rings is 1. The van der Waals surface area contributed by atoms with Crippen molar-refractivity contribution in [1.82, 2.24) is 14.9 Å². The van der Waals surface area contributed by atoms with Gasteiger partial charge < -0.3 is 15.6 Å². The van der Waals surface area contributed by atoms with Gasteiger partial charge in [-0.05, 0) is 25.0 Å². The minimum atomic E-state index is -0.468. The van der Waals surface area contributed by atoms with Crippen LogP contribution in [0.5, 0.6) is 0 Å². The molecule has 23 heavy (non-hydrogen) atoms. The topological polar surface area (TPSA) is 72.9 Å². The number of hydrogen-bond acceptors (Lipinski definition) is 3. The fraction of sp³-hybridized carbons (Fsp3) is 0.500. The minimum Gasteiger partial charge on any atom is -0.348 e. The molecular weight excluding hydrogens is 335 g/mol. The molecule has 0 radical (unpaired) electrons. The summed E-state index contributed by atoms with van der Waals surface area (Å²) in [6, 6.07) is 7.95. The lowest BCUT2D eigenvalue weighted by atomic mass is 9.81. The lowest BCUT2D eigenvalue weighted by molar-refractivity contribution is -0.131. The number of aryl methyl sites for hydroxylation is 1. The second-order valence-electron chi connectivity index (χ2n) is 5.45. The first kappa shape index (κ1) is 21.7. The van der Waals surface area contributed by atoms with Crippen molar-refractivity contribution in [1.29, 1.82) is 0 Å². The smallest absolute Gasteiger partial charge is 0.227 e. The number of rotatable bonds is 6. The highest BCUT2D eigenvalue weighted by molar-refractivity contribution is 5.85. The molecule has 0 aliphatic carbocycles. The molecule has 0 unspecified atom stereocenters. The molecular formula is C16H26Cl2N4O. The number of nitrogens with one attached hydrogen (secondary N) is 1. The predicted octanol–water partition coefficient (Wildman–Crippen LogP) is 2.80. The van der Waals surface area contributed by atoms with E-state index in [4.69, 9.17) is 5.73 Å². The van der Waals surface area contributed by atoms with Crippen molar-refractivity contribution >= 4 is 41.8 Å². The van der Waals surface area contributed by atoms with E-state index < -0.39 is 5.41 Å². The molecule has 130 valence electrons. The number of nitrogens with zero attached hydrogens (tertiary/aromatic N) is 2. The SMILES string of the molecule is CCC(CC)(CN)C(=O)NCc1nc2ccccc2n1C.Cl.Cl. The summed E-state index contributed by atoms with van der Waals surface area (Å²) in [6.07, 6.45) is 1.49. The number of hydrogen-bond donors (Lipinski definition) is 2. The summed E-state index contributed by atoms with van der Waals surface area (Å²) in [5.74, 6) is 0.865. The maximum Gasteiger partial charge on any atom is 0.227 e. The molecule has 0 saturated carbocycles. The molecule has 0 aliphatic heterocycles. The van der Waals surface area contributed by atoms with Crippen LogP contribution < -0.4 is 11.1 Å². The highest BCUT2D eigenvalue weighted by Crippen LogP contribution is 2.25. The lowest BCUT2D eigenvalue weighted by Crippen LogP contribution is -2.45. The third-order valence-corrected chi connectivity index (χ3v) is 4.51. The van der Waals surface area contributed by atoms with Gasteiger partial charge in [0.2, 0.25) is 5.91 Å². The van der Waals surface area contributed by atoms with Crippen LogP contribution in [0.4, 0.5) is 0 Å². The van der Waals surface area contributed by atoms with Crippen LogP contribution in [0.3, 0.4) is 0 Å². The van der Waals surface area contributed by atoms with Crippen molar-refractivity contribution in [3.8, 4) is 0 Å². The standard InChI is InChI=1S/C16H24N4O.2ClH/c1-4-16(5-2,11-17)15(21)18-10-14-19-12-8-6-7-9-13(12)20(14)3;;/h6-9H,4-5,10-11,17H2,1-3H3,(H,18,21);2*1H. The molecule has 7 heteroatoms. The molecule has 3 N–H and O–H groups in total. The number of para-hydroxylation sites is 2. The highest BCUT2D eigenvalue weighted by atomic mass is 35.5. The quantitative estimate of drug-likeness (QED) is 0.831. The maximum atomic E-state index is 12.4. The van der Waals surface area contributed by atoms with Crippen molar-refractivity contribution in [3.63, 3.8) is 0 Å². The Kier molecular flexibility index (Phi) is 8.59. The molecule has 1 heterocycles. The van der Waals surface area contributed by atoms with Gasteiger partial charge in [-0.25, -0.2) is 4.98 Å². The molecule has 0 aliphatic rings. The van der Waals surface area contributed by atoms with Crippen LogP contribution >= 0.6 is 24.8 Å². The zero-order chi connectivity index (χ0) is 15.5. The number of carbonyl (C=O) groups excluding carboxylic acids is 1. The summed E-state index contributed by atoms with van der Waals surface area (Å²) in [6.45, 7) is 4.80. The Morgan fingerprint density at radius 3 is 2.39 bits per heavy atom. The Balaban J connectivity index is 0.00000242. The number of carbonyl (C=O) groups is 1. The summed E-state index contributed by atoms with van der Waals surface area (Å²) >= 11 is 0. The van der Waals surface area contributed by atoms with Crippen LogP contribution in [0, 0.1) is 5.41 Å². The number of halogens is 2. The predicted molar refractivity (Wildman–Crippen MR) is 99.1 cm³/mol. The number of aromatic nitrogens is 2. The summed E-state index contributed by atoms with van der Waals surface area (Å²) in [7, 11) is 1.96. The Bertz CT molecular complexity index is 630. The van der Waals surface area contributed by atoms with Gasteiger partial charge in [0.25, 0.3) is 0 Å². The van der Waals surface area contributed by atoms with Crippen LogP contribution in [0.25, 0.3) is 11.0 Å². The average molecular weight is 361 g/mol. The first-order chi connectivity index (χ1) is 10.1. The van der Waals surface area contributed by atoms with E-state index in [1.807, 2.05) is 49.7 Å². The summed E-state index contributed by atoms with van der Waals surface area (Å²) in [5, 5.41) is 2.99. The second kappa shape index (κ2) is 9.11. The van der Waals surface area contributed by atoms with E-state index in [0.717, 1.165) is 29.7 Å². The third-order valence-electron chi connectivity index (χ3n) is 4.51. The van der Waals surface area contributed by atoms with Crippen LogP contribution in [0.2, 0.25) is 0 Å². The number of nitrogens with two attached hydrogens (primary N) is 1. The highest BCUT2D eigenvalue weighted by Gasteiger charge is 2.33. The van der Waals surface area contributed by atoms with E-state index in [-0.39, 0.29) is 30.7 Å². The molecule has 0 spiro atoms. The van der Waals surface area contributed by atoms with Gasteiger partial charge in [0.05, 0.1) is 23.0 Å². The van der Waals surface area contributed by atoms with Crippen LogP contribution in [0.15, 0.2) is 24.3 Å². The molecule has 1 aromatic carbocycles. The van der Waals surface area contributed by atoms with E-state index in [1.165, 1.54) is 0 Å². The van der Waals surface area contributed by atoms with Gasteiger partial charge in [-0.1, -0.05) is 26.0 Å². The number of amides is 1. The van der Waals surface area contributed by atoms with Crippen LogP contribution in [-0.4, -0.2) is 22.0 Å². The van der Waals surface area contributed by atoms with Crippen LogP contribution in [0.1, 0.15) is 32.5 Å². The van der Waals surface area contributed by atoms with Gasteiger partial charge in [-0.15, -0.1) is 24.8 Å². The van der Waals surface area contributed by atoms with Gasteiger partial charge >= 0.3 is 0 Å². The van der Waals surface area contributed by atoms with E-state index in [9.17, 15) is 4.79 Å². The molecule has 1 amide bonds. The van der Waals surface area contributed by atoms with Gasteiger partial charge in [0.1, 0.15) is 5.82 Å². The maximum absolute atomic E-state index is 12.4. The van der Waals surface area contributed by atoms with Crippen molar-refractivity contribution in [2.45, 2.75) is 33.2 Å². The molecule has 0 saturated heterocycles. The molecule has 0 fully saturated rings. The molecule has 0 atom stereocenters. The first-order valence-electron chi connectivity index (χ1n) is 7.46. The summed E-state index contributed by atoms with van der Waals surface area (Å²) in [5.41, 5.74) is 7.35. The number of imidazole rings is 1. The molecule has 0 bridgehead atoms. The van der Waals surface area contributed by atoms with E-state index in [0.29, 0.717) is 13.1 Å². The Morgan fingerprint density at radius 2 is 1.87 bits per heavy atom. The van der Waals surface area contributed by atoms with Gasteiger partial charge in [0, 0.05) is 13.6 Å². The fourth-order valence-electron chi connectivity index (χ4n) is 2.65. The number of fused-ring (bicyclic) bond motifs is 1. The van der Waals surface area contributed by atoms with E-state index in [1.54, 1.807) is 0 Å². The Morgan fingerprint density at radius 1 is 1.26 bits per heavy atom. The van der Waals surface area contributed by atoms with E-state index >= 15 is 0 Å². The Hall–Kier alpha value is -1.30. The zero-order valence-electron chi connectivity index (χ0n) is 13.8. The van der Waals surface area contributed by atoms with Crippen LogP contribution in [-0.2, 0) is 18.4 Å². The minimum absolute atomic E-state index is 0. The third kappa shape index (κ3) is 4.16. The monoisotopic (exact) mass is 360 g/mol. The second-order valence-corrected chi connectivity index (χ2v) is 5.45. The van der Waals surface area contributed by atoms with Crippen molar-refractivity contribution in [3.05, 3.63) is 30.1 Å². The summed E-state index contributed by atoms with van der Waals surface area (Å²) < 4.78 is 2.01. The molecule has 1 aromatic heterocycles.